The zero-order chi connectivity index (χ0) is 22.7. The highest BCUT2D eigenvalue weighted by molar-refractivity contribution is 6.30. The SMILES string of the molecule is Cc1cccn(-c2ccc(NC(=O)[C@H]3CCCN3C(=O)Nc3ccc(Cl)cn3)cc2)c1=O. The summed E-state index contributed by atoms with van der Waals surface area (Å²) in [5.41, 5.74) is 1.85. The summed E-state index contributed by atoms with van der Waals surface area (Å²) in [7, 11) is 0. The summed E-state index contributed by atoms with van der Waals surface area (Å²) in [5, 5.41) is 6.04. The van der Waals surface area contributed by atoms with Gasteiger partial charge in [0, 0.05) is 35.9 Å². The molecule has 0 spiro atoms. The predicted octanol–water partition coefficient (Wildman–Crippen LogP) is 3.83. The quantitative estimate of drug-likeness (QED) is 0.630. The highest BCUT2D eigenvalue weighted by atomic mass is 35.5. The molecule has 164 valence electrons. The van der Waals surface area contributed by atoms with Crippen molar-refractivity contribution in [3.63, 3.8) is 0 Å². The minimum Gasteiger partial charge on any atom is -0.324 e. The molecule has 1 saturated heterocycles. The van der Waals surface area contributed by atoms with Gasteiger partial charge in [0.2, 0.25) is 5.91 Å². The first-order chi connectivity index (χ1) is 15.4. The van der Waals surface area contributed by atoms with Crippen LogP contribution in [-0.4, -0.2) is 39.0 Å². The lowest BCUT2D eigenvalue weighted by molar-refractivity contribution is -0.119. The van der Waals surface area contributed by atoms with E-state index in [4.69, 9.17) is 11.6 Å². The second-order valence-corrected chi connectivity index (χ2v) is 7.98. The van der Waals surface area contributed by atoms with E-state index in [2.05, 4.69) is 15.6 Å². The van der Waals surface area contributed by atoms with Crippen molar-refractivity contribution in [2.75, 3.05) is 17.2 Å². The number of rotatable bonds is 4. The van der Waals surface area contributed by atoms with E-state index >= 15 is 0 Å². The number of hydrogen-bond donors (Lipinski definition) is 2. The van der Waals surface area contributed by atoms with Gasteiger partial charge >= 0.3 is 6.03 Å². The lowest BCUT2D eigenvalue weighted by atomic mass is 10.2. The summed E-state index contributed by atoms with van der Waals surface area (Å²) in [6.07, 6.45) is 4.45. The highest BCUT2D eigenvalue weighted by Gasteiger charge is 2.34. The van der Waals surface area contributed by atoms with Gasteiger partial charge in [0.1, 0.15) is 11.9 Å². The molecule has 1 aliphatic heterocycles. The molecule has 3 amide bonds. The van der Waals surface area contributed by atoms with Crippen molar-refractivity contribution in [2.24, 2.45) is 0 Å². The number of amides is 3. The normalized spacial score (nSPS) is 15.4. The molecule has 1 fully saturated rings. The van der Waals surface area contributed by atoms with Gasteiger partial charge in [-0.1, -0.05) is 17.7 Å². The summed E-state index contributed by atoms with van der Waals surface area (Å²) >= 11 is 5.82. The topological polar surface area (TPSA) is 96.3 Å². The van der Waals surface area contributed by atoms with Crippen LogP contribution in [0.1, 0.15) is 18.4 Å². The van der Waals surface area contributed by atoms with E-state index in [1.165, 1.54) is 11.1 Å². The molecular weight excluding hydrogens is 430 g/mol. The van der Waals surface area contributed by atoms with Crippen molar-refractivity contribution < 1.29 is 9.59 Å². The van der Waals surface area contributed by atoms with Gasteiger partial charge in [-0.3, -0.25) is 19.5 Å². The number of nitrogens with one attached hydrogen (secondary N) is 2. The second kappa shape index (κ2) is 9.23. The van der Waals surface area contributed by atoms with Crippen LogP contribution in [0, 0.1) is 6.92 Å². The van der Waals surface area contributed by atoms with Crippen LogP contribution < -0.4 is 16.2 Å². The Hall–Kier alpha value is -3.65. The van der Waals surface area contributed by atoms with Gasteiger partial charge < -0.3 is 10.2 Å². The minimum atomic E-state index is -0.582. The Morgan fingerprint density at radius 1 is 1.09 bits per heavy atom. The maximum absolute atomic E-state index is 12.9. The average molecular weight is 452 g/mol. The molecule has 4 rings (SSSR count). The Bertz CT molecular complexity index is 1190. The van der Waals surface area contributed by atoms with E-state index in [1.807, 2.05) is 6.07 Å². The Labute approximate surface area is 189 Å². The second-order valence-electron chi connectivity index (χ2n) is 7.55. The molecule has 1 aliphatic rings. The predicted molar refractivity (Wildman–Crippen MR) is 123 cm³/mol. The van der Waals surface area contributed by atoms with Crippen LogP contribution in [0.5, 0.6) is 0 Å². The smallest absolute Gasteiger partial charge is 0.323 e. The number of hydrogen-bond acceptors (Lipinski definition) is 4. The van der Waals surface area contributed by atoms with Crippen molar-refractivity contribution in [2.45, 2.75) is 25.8 Å². The van der Waals surface area contributed by atoms with Crippen LogP contribution in [-0.2, 0) is 4.79 Å². The molecule has 8 nitrogen and oxygen atoms in total. The van der Waals surface area contributed by atoms with E-state index in [0.717, 1.165) is 6.42 Å². The number of nitrogens with zero attached hydrogens (tertiary/aromatic N) is 3. The van der Waals surface area contributed by atoms with Gasteiger partial charge in [0.05, 0.1) is 5.02 Å². The number of benzene rings is 1. The molecule has 0 unspecified atom stereocenters. The number of aryl methyl sites for hydroxylation is 1. The Balaban J connectivity index is 1.42. The largest absolute Gasteiger partial charge is 0.324 e. The third-order valence-corrected chi connectivity index (χ3v) is 5.55. The van der Waals surface area contributed by atoms with Gasteiger partial charge in [-0.25, -0.2) is 9.78 Å². The fourth-order valence-corrected chi connectivity index (χ4v) is 3.76. The molecule has 1 aromatic carbocycles. The summed E-state index contributed by atoms with van der Waals surface area (Å²) in [6.45, 7) is 2.24. The maximum Gasteiger partial charge on any atom is 0.323 e. The zero-order valence-electron chi connectivity index (χ0n) is 17.4. The number of aromatic nitrogens is 2. The lowest BCUT2D eigenvalue weighted by Gasteiger charge is -2.24. The fourth-order valence-electron chi connectivity index (χ4n) is 3.65. The summed E-state index contributed by atoms with van der Waals surface area (Å²) in [5.74, 6) is 0.106. The van der Waals surface area contributed by atoms with Crippen LogP contribution in [0.4, 0.5) is 16.3 Å². The molecule has 0 radical (unpaired) electrons. The van der Waals surface area contributed by atoms with Crippen LogP contribution in [0.25, 0.3) is 5.69 Å². The van der Waals surface area contributed by atoms with E-state index in [9.17, 15) is 14.4 Å². The van der Waals surface area contributed by atoms with Crippen molar-refractivity contribution >= 4 is 35.0 Å². The van der Waals surface area contributed by atoms with Crippen molar-refractivity contribution in [1.82, 2.24) is 14.5 Å². The summed E-state index contributed by atoms with van der Waals surface area (Å²) < 4.78 is 1.55. The zero-order valence-corrected chi connectivity index (χ0v) is 18.2. The number of carbonyl (C=O) groups is 2. The molecular formula is C23H22ClN5O3. The molecule has 0 aliphatic carbocycles. The van der Waals surface area contributed by atoms with Gasteiger partial charge in [-0.15, -0.1) is 0 Å². The van der Waals surface area contributed by atoms with Crippen LogP contribution in [0.3, 0.4) is 0 Å². The first kappa shape index (κ1) is 21.6. The Morgan fingerprint density at radius 2 is 1.88 bits per heavy atom. The number of anilines is 2. The molecule has 1 atom stereocenters. The average Bonchev–Trinajstić information content (AvgIpc) is 3.28. The van der Waals surface area contributed by atoms with Gasteiger partial charge in [-0.05, 0) is 62.2 Å². The lowest BCUT2D eigenvalue weighted by Crippen LogP contribution is -2.45. The monoisotopic (exact) mass is 451 g/mol. The first-order valence-electron chi connectivity index (χ1n) is 10.2. The molecule has 9 heteroatoms. The number of pyridine rings is 2. The first-order valence-corrected chi connectivity index (χ1v) is 10.6. The summed E-state index contributed by atoms with van der Waals surface area (Å²) in [4.78, 5) is 43.4. The van der Waals surface area contributed by atoms with Crippen molar-refractivity contribution in [3.05, 3.63) is 81.9 Å². The standard InChI is InChI=1S/C23H22ClN5O3/c1-15-4-2-12-28(22(15)31)18-9-7-17(8-10-18)26-21(30)19-5-3-13-29(19)23(32)27-20-11-6-16(24)14-25-20/h2,4,6-12,14,19H,3,5,13H2,1H3,(H,26,30)(H,25,27,32)/t19-/m1/s1. The third kappa shape index (κ3) is 4.65. The van der Waals surface area contributed by atoms with E-state index in [-0.39, 0.29) is 17.5 Å². The van der Waals surface area contributed by atoms with E-state index in [1.54, 1.807) is 60.2 Å². The van der Waals surface area contributed by atoms with Crippen LogP contribution in [0.2, 0.25) is 5.02 Å². The van der Waals surface area contributed by atoms with Crippen LogP contribution >= 0.6 is 11.6 Å². The Morgan fingerprint density at radius 3 is 2.59 bits per heavy atom. The van der Waals surface area contributed by atoms with E-state index < -0.39 is 6.04 Å². The molecule has 3 aromatic rings. The molecule has 3 heterocycles. The number of likely N-dealkylation sites (tertiary alicyclic amines) is 1. The number of halogens is 1. The van der Waals surface area contributed by atoms with Gasteiger partial charge in [0.15, 0.2) is 0 Å². The van der Waals surface area contributed by atoms with Gasteiger partial charge in [-0.2, -0.15) is 0 Å². The minimum absolute atomic E-state index is 0.0907. The van der Waals surface area contributed by atoms with Crippen molar-refractivity contribution in [1.29, 1.82) is 0 Å². The number of carbonyl (C=O) groups excluding carboxylic acids is 2. The molecule has 0 bridgehead atoms. The van der Waals surface area contributed by atoms with Crippen LogP contribution in [0.15, 0.2) is 65.7 Å². The molecule has 2 aromatic heterocycles. The molecule has 0 saturated carbocycles. The van der Waals surface area contributed by atoms with Crippen molar-refractivity contribution in [3.8, 4) is 5.69 Å². The molecule has 32 heavy (non-hydrogen) atoms. The highest BCUT2D eigenvalue weighted by Crippen LogP contribution is 2.21. The fraction of sp³-hybridized carbons (Fsp3) is 0.217. The Kier molecular flexibility index (Phi) is 6.23. The van der Waals surface area contributed by atoms with E-state index in [0.29, 0.717) is 40.7 Å². The molecule has 2 N–H and O–H groups in total. The van der Waals surface area contributed by atoms with Gasteiger partial charge in [0.25, 0.3) is 5.56 Å². The third-order valence-electron chi connectivity index (χ3n) is 5.33. The maximum atomic E-state index is 12.9. The number of urea groups is 1. The summed E-state index contributed by atoms with van der Waals surface area (Å²) in [6, 6.07) is 12.8.